The van der Waals surface area contributed by atoms with Crippen LogP contribution in [0, 0.1) is 0 Å². The second kappa shape index (κ2) is 6.77. The van der Waals surface area contributed by atoms with Crippen molar-refractivity contribution in [3.63, 3.8) is 0 Å². The molecule has 3 aromatic rings. The van der Waals surface area contributed by atoms with Gasteiger partial charge in [0.2, 0.25) is 0 Å². The number of nitrogens with zero attached hydrogens (tertiary/aromatic N) is 3. The average Bonchev–Trinajstić information content (AvgIpc) is 3.08. The van der Waals surface area contributed by atoms with E-state index in [0.29, 0.717) is 21.2 Å². The summed E-state index contributed by atoms with van der Waals surface area (Å²) in [5.41, 5.74) is -2.28. The predicted octanol–water partition coefficient (Wildman–Crippen LogP) is 3.38. The van der Waals surface area contributed by atoms with Crippen LogP contribution in [0.2, 0.25) is 10.0 Å². The second-order valence-corrected chi connectivity index (χ2v) is 6.91. The van der Waals surface area contributed by atoms with Crippen molar-refractivity contribution in [2.45, 2.75) is 24.7 Å². The number of benzene rings is 2. The monoisotopic (exact) mass is 377 g/mol. The minimum absolute atomic E-state index is 0.00423. The van der Waals surface area contributed by atoms with Crippen LogP contribution >= 0.6 is 23.2 Å². The molecule has 0 bridgehead atoms. The van der Waals surface area contributed by atoms with Crippen LogP contribution in [0.3, 0.4) is 0 Å². The van der Waals surface area contributed by atoms with Gasteiger partial charge in [0.15, 0.2) is 0 Å². The third kappa shape index (κ3) is 3.41. The van der Waals surface area contributed by atoms with E-state index < -0.39 is 11.2 Å². The first-order valence-electron chi connectivity index (χ1n) is 7.62. The first-order chi connectivity index (χ1) is 11.8. The van der Waals surface area contributed by atoms with Crippen LogP contribution in [-0.4, -0.2) is 25.0 Å². The molecular weight excluding hydrogens is 361 g/mol. The number of halogens is 2. The lowest BCUT2D eigenvalue weighted by Crippen LogP contribution is -2.50. The third-order valence-corrected chi connectivity index (χ3v) is 4.89. The van der Waals surface area contributed by atoms with Crippen molar-refractivity contribution in [2.75, 3.05) is 0 Å². The molecule has 0 radical (unpaired) electrons. The molecule has 0 amide bonds. The summed E-state index contributed by atoms with van der Waals surface area (Å²) in [7, 11) is 0. The second-order valence-electron chi connectivity index (χ2n) is 6.04. The summed E-state index contributed by atoms with van der Waals surface area (Å²) in [6, 6.07) is 13.4. The van der Waals surface area contributed by atoms with Crippen LogP contribution in [0.5, 0.6) is 0 Å². The van der Waals surface area contributed by atoms with Gasteiger partial charge in [0.1, 0.15) is 23.9 Å². The maximum Gasteiger partial charge on any atom is 0.142 e. The Kier molecular flexibility index (Phi) is 4.84. The summed E-state index contributed by atoms with van der Waals surface area (Å²) in [4.78, 5) is 3.90. The molecule has 130 valence electrons. The molecule has 2 N–H and O–H groups in total. The number of aromatic nitrogens is 3. The van der Waals surface area contributed by atoms with E-state index in [1.165, 1.54) is 17.3 Å². The van der Waals surface area contributed by atoms with Crippen molar-refractivity contribution in [1.82, 2.24) is 14.8 Å². The summed E-state index contributed by atoms with van der Waals surface area (Å²) in [6.45, 7) is 1.56. The van der Waals surface area contributed by atoms with Gasteiger partial charge in [0.05, 0.1) is 6.54 Å². The molecule has 0 aliphatic carbocycles. The van der Waals surface area contributed by atoms with Crippen molar-refractivity contribution < 1.29 is 10.2 Å². The summed E-state index contributed by atoms with van der Waals surface area (Å²) < 4.78 is 1.47. The fraction of sp³-hybridized carbons (Fsp3) is 0.222. The van der Waals surface area contributed by atoms with E-state index in [9.17, 15) is 10.2 Å². The van der Waals surface area contributed by atoms with Gasteiger partial charge in [-0.25, -0.2) is 9.67 Å². The molecule has 1 heterocycles. The maximum absolute atomic E-state index is 11.6. The minimum atomic E-state index is -1.68. The van der Waals surface area contributed by atoms with Gasteiger partial charge in [0, 0.05) is 10.0 Å². The zero-order chi connectivity index (χ0) is 18.1. The first kappa shape index (κ1) is 17.9. The van der Waals surface area contributed by atoms with Crippen molar-refractivity contribution in [3.8, 4) is 0 Å². The topological polar surface area (TPSA) is 71.2 Å². The smallest absolute Gasteiger partial charge is 0.142 e. The Balaban J connectivity index is 2.12. The Labute approximate surface area is 155 Å². The van der Waals surface area contributed by atoms with Gasteiger partial charge in [-0.1, -0.05) is 47.5 Å². The fourth-order valence-corrected chi connectivity index (χ4v) is 3.07. The highest BCUT2D eigenvalue weighted by molar-refractivity contribution is 6.30. The van der Waals surface area contributed by atoms with Crippen molar-refractivity contribution in [2.24, 2.45) is 0 Å². The molecule has 5 nitrogen and oxygen atoms in total. The molecule has 7 heteroatoms. The van der Waals surface area contributed by atoms with E-state index in [1.54, 1.807) is 55.5 Å². The number of hydrogen-bond donors (Lipinski definition) is 2. The van der Waals surface area contributed by atoms with Gasteiger partial charge >= 0.3 is 0 Å². The molecule has 0 aliphatic heterocycles. The van der Waals surface area contributed by atoms with Crippen molar-refractivity contribution >= 4 is 23.2 Å². The normalized spacial score (nSPS) is 16.2. The van der Waals surface area contributed by atoms with Gasteiger partial charge in [-0.3, -0.25) is 0 Å². The molecular formula is C18H17Cl2N3O2. The van der Waals surface area contributed by atoms with Gasteiger partial charge in [-0.2, -0.15) is 5.10 Å². The van der Waals surface area contributed by atoms with E-state index in [4.69, 9.17) is 23.2 Å². The van der Waals surface area contributed by atoms with E-state index in [0.717, 1.165) is 0 Å². The zero-order valence-corrected chi connectivity index (χ0v) is 15.0. The average molecular weight is 378 g/mol. The quantitative estimate of drug-likeness (QED) is 0.714. The van der Waals surface area contributed by atoms with E-state index in [1.807, 2.05) is 0 Å². The maximum atomic E-state index is 11.6. The van der Waals surface area contributed by atoms with Gasteiger partial charge in [-0.15, -0.1) is 0 Å². The Morgan fingerprint density at radius 2 is 1.44 bits per heavy atom. The molecule has 0 spiro atoms. The molecule has 0 aliphatic rings. The van der Waals surface area contributed by atoms with E-state index >= 15 is 0 Å². The minimum Gasteiger partial charge on any atom is -0.382 e. The molecule has 0 fully saturated rings. The molecule has 0 saturated heterocycles. The molecule has 2 aromatic carbocycles. The summed E-state index contributed by atoms with van der Waals surface area (Å²) in [5.74, 6) is 0. The Morgan fingerprint density at radius 1 is 0.920 bits per heavy atom. The van der Waals surface area contributed by atoms with Crippen LogP contribution < -0.4 is 0 Å². The number of aliphatic hydroxyl groups is 2. The highest BCUT2D eigenvalue weighted by atomic mass is 35.5. The fourth-order valence-electron chi connectivity index (χ4n) is 2.81. The predicted molar refractivity (Wildman–Crippen MR) is 96.4 cm³/mol. The summed E-state index contributed by atoms with van der Waals surface area (Å²) in [6.07, 6.45) is 2.86. The Morgan fingerprint density at radius 3 is 1.92 bits per heavy atom. The lowest BCUT2D eigenvalue weighted by molar-refractivity contribution is -0.164. The van der Waals surface area contributed by atoms with Crippen LogP contribution in [-0.2, 0) is 17.7 Å². The molecule has 1 aromatic heterocycles. The third-order valence-electron chi connectivity index (χ3n) is 4.39. The van der Waals surface area contributed by atoms with Gasteiger partial charge < -0.3 is 10.2 Å². The van der Waals surface area contributed by atoms with E-state index in [-0.39, 0.29) is 6.54 Å². The summed E-state index contributed by atoms with van der Waals surface area (Å²) >= 11 is 11.9. The number of rotatable bonds is 5. The molecule has 2 atom stereocenters. The van der Waals surface area contributed by atoms with Crippen molar-refractivity contribution in [3.05, 3.63) is 82.4 Å². The van der Waals surface area contributed by atoms with Crippen LogP contribution in [0.4, 0.5) is 0 Å². The SMILES string of the molecule is C[C@](O)(c1ccc(Cl)cc1)[C@](O)(Cn1cncn1)c1ccc(Cl)cc1. The Bertz CT molecular complexity index is 834. The molecule has 0 saturated carbocycles. The summed E-state index contributed by atoms with van der Waals surface area (Å²) in [5, 5.41) is 28.1. The lowest BCUT2D eigenvalue weighted by atomic mass is 9.74. The number of hydrogen-bond acceptors (Lipinski definition) is 4. The van der Waals surface area contributed by atoms with Crippen LogP contribution in [0.15, 0.2) is 61.2 Å². The lowest BCUT2D eigenvalue weighted by Gasteiger charge is -2.42. The standard InChI is InChI=1S/C18H17Cl2N3O2/c1-17(24,13-2-6-15(19)7-3-13)18(25,10-23-12-21-11-22-23)14-4-8-16(20)9-5-14/h2-9,11-12,24-25H,10H2,1H3/t17-,18-/m0/s1. The van der Waals surface area contributed by atoms with Crippen LogP contribution in [0.25, 0.3) is 0 Å². The van der Waals surface area contributed by atoms with Crippen LogP contribution in [0.1, 0.15) is 18.1 Å². The highest BCUT2D eigenvalue weighted by Gasteiger charge is 2.49. The molecule has 0 unspecified atom stereocenters. The van der Waals surface area contributed by atoms with Gasteiger partial charge in [0.25, 0.3) is 0 Å². The Hall–Kier alpha value is -1.92. The van der Waals surface area contributed by atoms with Gasteiger partial charge in [-0.05, 0) is 42.3 Å². The highest BCUT2D eigenvalue weighted by Crippen LogP contribution is 2.42. The zero-order valence-electron chi connectivity index (χ0n) is 13.5. The van der Waals surface area contributed by atoms with E-state index in [2.05, 4.69) is 10.1 Å². The molecule has 25 heavy (non-hydrogen) atoms. The molecule has 3 rings (SSSR count). The van der Waals surface area contributed by atoms with Crippen molar-refractivity contribution in [1.29, 1.82) is 0 Å². The first-order valence-corrected chi connectivity index (χ1v) is 8.38. The largest absolute Gasteiger partial charge is 0.382 e.